The largest absolute Gasteiger partial charge is 0.493 e. The molecule has 5 rings (SSSR count). The molecule has 0 atom stereocenters. The number of unbranched alkanes of at least 4 members (excludes halogenated alkanes) is 8. The van der Waals surface area contributed by atoms with Gasteiger partial charge in [0.25, 0.3) is 0 Å². The van der Waals surface area contributed by atoms with Gasteiger partial charge in [-0.25, -0.2) is 0 Å². The minimum Gasteiger partial charge on any atom is -0.493 e. The third-order valence-electron chi connectivity index (χ3n) is 17.2. The van der Waals surface area contributed by atoms with E-state index in [2.05, 4.69) is 132 Å². The van der Waals surface area contributed by atoms with Crippen LogP contribution in [0.15, 0.2) is 48.5 Å². The van der Waals surface area contributed by atoms with Gasteiger partial charge >= 0.3 is 0 Å². The van der Waals surface area contributed by atoms with Crippen molar-refractivity contribution in [3.63, 3.8) is 0 Å². The Kier molecular flexibility index (Phi) is 36.7. The van der Waals surface area contributed by atoms with Crippen molar-refractivity contribution in [2.24, 2.45) is 0 Å². The molecule has 12 nitrogen and oxygen atoms in total. The average molecular weight is 1350 g/mol. The first kappa shape index (κ1) is 79.5. The van der Waals surface area contributed by atoms with Crippen molar-refractivity contribution in [3.05, 3.63) is 115 Å². The second-order valence-electron chi connectivity index (χ2n) is 26.0. The summed E-state index contributed by atoms with van der Waals surface area (Å²) in [5.41, 5.74) is 11.1. The van der Waals surface area contributed by atoms with E-state index in [0.717, 1.165) is 218 Å². The normalized spacial score (nSPS) is 13.0. The lowest BCUT2D eigenvalue weighted by Gasteiger charge is -2.26. The number of benzene rings is 4. The van der Waals surface area contributed by atoms with Crippen LogP contribution in [0.2, 0.25) is 0 Å². The van der Waals surface area contributed by atoms with Crippen LogP contribution in [-0.4, -0.2) is 75.7 Å². The maximum absolute atomic E-state index is 14.9. The Balaban J connectivity index is 1.99. The van der Waals surface area contributed by atoms with Crippen LogP contribution in [0.25, 0.3) is 0 Å². The zero-order chi connectivity index (χ0) is 66.8. The minimum absolute atomic E-state index is 0.166. The van der Waals surface area contributed by atoms with Gasteiger partial charge in [-0.05, 0) is 192 Å². The molecule has 0 saturated carbocycles. The molecule has 1 aliphatic rings. The predicted octanol–water partition coefficient (Wildman–Crippen LogP) is 23.1. The van der Waals surface area contributed by atoms with Gasteiger partial charge in [-0.15, -0.1) is 0 Å². The third kappa shape index (κ3) is 26.0. The van der Waals surface area contributed by atoms with E-state index < -0.39 is 29.5 Å². The van der Waals surface area contributed by atoms with Crippen LogP contribution in [0, 0.1) is 0 Å². The van der Waals surface area contributed by atoms with Crippen molar-refractivity contribution in [1.82, 2.24) is 0 Å². The molecule has 0 N–H and O–H groups in total. The van der Waals surface area contributed by atoms with Crippen molar-refractivity contribution in [1.29, 1.82) is 0 Å². The van der Waals surface area contributed by atoms with Crippen molar-refractivity contribution >= 4 is 29.5 Å². The zero-order valence-corrected chi connectivity index (χ0v) is 63.2. The topological polar surface area (TPSA) is 142 Å². The maximum Gasteiger partial charge on any atom is 0.203 e. The van der Waals surface area contributed by atoms with E-state index in [0.29, 0.717) is 101 Å². The Labute approximate surface area is 559 Å². The van der Waals surface area contributed by atoms with Crippen molar-refractivity contribution in [2.75, 3.05) is 75.7 Å². The van der Waals surface area contributed by atoms with Crippen LogP contribution in [0.3, 0.4) is 0 Å². The summed E-state index contributed by atoms with van der Waals surface area (Å²) in [7, 11) is -12.0. The summed E-state index contributed by atoms with van der Waals surface area (Å²) in [6.45, 7) is 28.2. The first-order chi connectivity index (χ1) is 44.5. The molecule has 1 aliphatic carbocycles. The van der Waals surface area contributed by atoms with Crippen molar-refractivity contribution < 1.29 is 55.3 Å². The molecular weight excluding hydrogens is 1230 g/mol. The molecule has 0 aliphatic heterocycles. The van der Waals surface area contributed by atoms with Gasteiger partial charge in [-0.1, -0.05) is 134 Å². The maximum atomic E-state index is 14.9. The summed E-state index contributed by atoms with van der Waals surface area (Å²) in [6, 6.07) is 17.5. The molecule has 16 heteroatoms. The summed E-state index contributed by atoms with van der Waals surface area (Å²) < 4.78 is 115. The molecule has 520 valence electrons. The third-order valence-corrected chi connectivity index (χ3v) is 27.6. The molecule has 4 aromatic carbocycles. The van der Waals surface area contributed by atoms with Gasteiger partial charge < -0.3 is 37.0 Å². The fraction of sp³-hybridized carbons (Fsp3) is 0.684. The van der Waals surface area contributed by atoms with Gasteiger partial charge in [0.2, 0.25) is 29.5 Å². The van der Waals surface area contributed by atoms with Gasteiger partial charge in [-0.2, -0.15) is 0 Å². The Bertz CT molecular complexity index is 2470. The van der Waals surface area contributed by atoms with Crippen LogP contribution in [0.1, 0.15) is 278 Å². The summed E-state index contributed by atoms with van der Waals surface area (Å²) in [5.74, 6) is 3.07. The Morgan fingerprint density at radius 1 is 0.250 bits per heavy atom. The molecule has 0 aromatic heterocycles. The Morgan fingerprint density at radius 2 is 0.402 bits per heavy atom. The number of rotatable bonds is 48. The molecule has 0 unspecified atom stereocenters. The lowest BCUT2D eigenvalue weighted by atomic mass is 9.88. The molecule has 4 aromatic rings. The minimum atomic E-state index is -3.00. The molecule has 0 amide bonds. The van der Waals surface area contributed by atoms with Crippen LogP contribution < -0.4 is 18.9 Å². The summed E-state index contributed by atoms with van der Waals surface area (Å²) in [4.78, 5) is 0. The van der Waals surface area contributed by atoms with E-state index in [1.807, 2.05) is 0 Å². The van der Waals surface area contributed by atoms with E-state index in [1.165, 1.54) is 0 Å². The number of ether oxygens (including phenoxy) is 4. The standard InChI is InChI=1S/C76H124O12P4/c1-13-25-37-89(77,38-26-14-2)85-57-61-45-65-53-67-47-62(58-86-90(78,39-27-15-3)40-28-16-4)49-69(74(67)82-34-22-10)55-71-51-64(60-88-92(80,43-31-19-7)44-32-20-8)52-72(76(71)84-36-24-12)56-70-50-63(59-87-91(79,41-29-17-5)42-30-18-6)48-68(75(70)83-35-23-11)54-66(46-61)73(65)81-33-21-9/h45-52H,13-44,53-60H2,1-12H3. The monoisotopic (exact) mass is 1350 g/mol. The van der Waals surface area contributed by atoms with E-state index in [4.69, 9.17) is 37.0 Å². The molecule has 0 radical (unpaired) electrons. The van der Waals surface area contributed by atoms with E-state index in [9.17, 15) is 18.3 Å². The van der Waals surface area contributed by atoms with Gasteiger partial charge in [-0.3, -0.25) is 18.3 Å². The highest BCUT2D eigenvalue weighted by molar-refractivity contribution is 7.59. The van der Waals surface area contributed by atoms with Gasteiger partial charge in [0, 0.05) is 75.0 Å². The van der Waals surface area contributed by atoms with Crippen LogP contribution in [0.5, 0.6) is 23.0 Å². The molecule has 0 heterocycles. The predicted molar refractivity (Wildman–Crippen MR) is 388 cm³/mol. The van der Waals surface area contributed by atoms with Gasteiger partial charge in [0.1, 0.15) is 23.0 Å². The highest BCUT2D eigenvalue weighted by Gasteiger charge is 2.30. The molecular formula is C76H124O12P4. The SMILES string of the molecule is CCCCP(=O)(CCCC)OCc1cc2c(OCCC)c(c1)Cc1cc(COP(=O)(CCCC)CCCC)cc(c1OCCC)Cc1cc(COP(=O)(CCCC)CCCC)cc(c1OCCC)Cc1cc(COP(=O)(CCCC)CCCC)cc(c1OCCC)C2. The summed E-state index contributed by atoms with van der Waals surface area (Å²) in [6.07, 6.45) is 23.1. The smallest absolute Gasteiger partial charge is 0.203 e. The highest BCUT2D eigenvalue weighted by atomic mass is 31.2. The fourth-order valence-corrected chi connectivity index (χ4v) is 21.8. The summed E-state index contributed by atoms with van der Waals surface area (Å²) >= 11 is 0. The molecule has 0 spiro atoms. The van der Waals surface area contributed by atoms with Crippen LogP contribution in [-0.2, 0) is 88.5 Å². The van der Waals surface area contributed by atoms with Crippen molar-refractivity contribution in [3.8, 4) is 23.0 Å². The van der Waals surface area contributed by atoms with Crippen LogP contribution in [0.4, 0.5) is 0 Å². The van der Waals surface area contributed by atoms with Gasteiger partial charge in [0.15, 0.2) is 0 Å². The van der Waals surface area contributed by atoms with E-state index in [1.54, 1.807) is 0 Å². The lowest BCUT2D eigenvalue weighted by Crippen LogP contribution is -2.12. The quantitative estimate of drug-likeness (QED) is 0.0342. The van der Waals surface area contributed by atoms with Crippen LogP contribution >= 0.6 is 29.5 Å². The summed E-state index contributed by atoms with van der Waals surface area (Å²) in [5, 5.41) is 0. The first-order valence-corrected chi connectivity index (χ1v) is 44.4. The molecule has 0 fully saturated rings. The first-order valence-electron chi connectivity index (χ1n) is 36.5. The van der Waals surface area contributed by atoms with E-state index in [-0.39, 0.29) is 26.4 Å². The number of hydrogen-bond donors (Lipinski definition) is 0. The molecule has 0 saturated heterocycles. The number of fused-ring (bicyclic) bond motifs is 8. The molecule has 8 bridgehead atoms. The Morgan fingerprint density at radius 3 is 0.533 bits per heavy atom. The van der Waals surface area contributed by atoms with Gasteiger partial charge in [0.05, 0.1) is 52.9 Å². The lowest BCUT2D eigenvalue weighted by molar-refractivity contribution is 0.296. The van der Waals surface area contributed by atoms with E-state index >= 15 is 0 Å². The zero-order valence-electron chi connectivity index (χ0n) is 59.6. The Hall–Kier alpha value is -3.16. The van der Waals surface area contributed by atoms with Crippen molar-refractivity contribution in [2.45, 2.75) is 264 Å². The number of hydrogen-bond acceptors (Lipinski definition) is 12. The molecule has 92 heavy (non-hydrogen) atoms. The fourth-order valence-electron chi connectivity index (χ4n) is 12.0. The average Bonchev–Trinajstić information content (AvgIpc) is 0.803. The second-order valence-corrected chi connectivity index (χ2v) is 37.2. The highest BCUT2D eigenvalue weighted by Crippen LogP contribution is 2.54. The second kappa shape index (κ2) is 42.5.